The third kappa shape index (κ3) is 9.72. The van der Waals surface area contributed by atoms with E-state index >= 15 is 0 Å². The lowest BCUT2D eigenvalue weighted by atomic mass is 10.1. The predicted molar refractivity (Wildman–Crippen MR) is 182 cm³/mol. The van der Waals surface area contributed by atoms with Crippen LogP contribution in [0.1, 0.15) is 18.4 Å². The number of carbonyl (C=O) groups excluding carboxylic acids is 3. The number of phenolic OH excluding ortho intramolecular Hbond substituents is 1. The Balaban J connectivity index is 0.00000507. The quantitative estimate of drug-likeness (QED) is 0.249. The van der Waals surface area contributed by atoms with Crippen molar-refractivity contribution in [3.8, 4) is 17.2 Å². The third-order valence-corrected chi connectivity index (χ3v) is 8.81. The number of aromatic hydroxyl groups is 1. The normalized spacial score (nSPS) is 13.8. The molecule has 3 rings (SSSR count). The van der Waals surface area contributed by atoms with E-state index < -0.39 is 12.0 Å². The summed E-state index contributed by atoms with van der Waals surface area (Å²) in [6.45, 7) is 2.76. The molecule has 0 unspecified atom stereocenters. The van der Waals surface area contributed by atoms with E-state index in [1.165, 1.54) is 7.11 Å². The van der Waals surface area contributed by atoms with Crippen LogP contribution >= 0.6 is 107 Å². The summed E-state index contributed by atoms with van der Waals surface area (Å²) < 4.78 is 14.1. The van der Waals surface area contributed by atoms with Gasteiger partial charge in [0.05, 0.1) is 21.4 Å². The van der Waals surface area contributed by atoms with Crippen LogP contribution in [0.25, 0.3) is 0 Å². The number of piperazine rings is 1. The minimum absolute atomic E-state index is 0. The number of carbonyl (C=O) groups is 3. The van der Waals surface area contributed by atoms with Crippen LogP contribution in [0.4, 0.5) is 0 Å². The molecule has 1 fully saturated rings. The van der Waals surface area contributed by atoms with Gasteiger partial charge in [0.1, 0.15) is 17.5 Å². The van der Waals surface area contributed by atoms with Crippen LogP contribution in [0, 0.1) is 14.3 Å². The second-order valence-corrected chi connectivity index (χ2v) is 12.9. The molecule has 1 atom stereocenters. The van der Waals surface area contributed by atoms with E-state index in [2.05, 4.69) is 101 Å². The van der Waals surface area contributed by atoms with Crippen molar-refractivity contribution < 1.29 is 29.0 Å². The van der Waals surface area contributed by atoms with Crippen LogP contribution in [0.2, 0.25) is 0 Å². The van der Waals surface area contributed by atoms with Gasteiger partial charge in [-0.05, 0) is 120 Å². The molecule has 0 aliphatic carbocycles. The zero-order valence-corrected chi connectivity index (χ0v) is 30.5. The first kappa shape index (κ1) is 34.0. The zero-order chi connectivity index (χ0) is 27.1. The number of hydrogen-bond acceptors (Lipinski definition) is 7. The molecule has 0 saturated carbocycles. The maximum Gasteiger partial charge on any atom is 0.328 e. The largest absolute Gasteiger partial charge is 0.506 e. The molecular weight excluding hydrogens is 1010 g/mol. The van der Waals surface area contributed by atoms with Gasteiger partial charge in [0.25, 0.3) is 0 Å². The topological polar surface area (TPSA) is 117 Å². The van der Waals surface area contributed by atoms with Gasteiger partial charge in [-0.1, -0.05) is 0 Å². The summed E-state index contributed by atoms with van der Waals surface area (Å²) in [7, 11) is 1.28. The molecule has 3 N–H and O–H groups in total. The van der Waals surface area contributed by atoms with Crippen molar-refractivity contribution in [2.75, 3.05) is 33.3 Å². The molecule has 1 aliphatic rings. The smallest absolute Gasteiger partial charge is 0.328 e. The summed E-state index contributed by atoms with van der Waals surface area (Å²) in [5, 5.41) is 15.9. The van der Waals surface area contributed by atoms with Crippen molar-refractivity contribution in [3.63, 3.8) is 0 Å². The Bertz CT molecular complexity index is 1130. The maximum absolute atomic E-state index is 12.6. The number of nitrogens with zero attached hydrogens (tertiary/aromatic N) is 1. The van der Waals surface area contributed by atoms with E-state index in [1.54, 1.807) is 17.0 Å². The molecule has 2 aromatic rings. The second-order valence-electron chi connectivity index (χ2n) is 8.20. The van der Waals surface area contributed by atoms with Gasteiger partial charge in [-0.2, -0.15) is 0 Å². The van der Waals surface area contributed by atoms with Crippen molar-refractivity contribution in [3.05, 3.63) is 44.1 Å². The third-order valence-electron chi connectivity index (χ3n) is 5.56. The summed E-state index contributed by atoms with van der Waals surface area (Å²) in [5.74, 6) is 0.485. The summed E-state index contributed by atoms with van der Waals surface area (Å²) in [4.78, 5) is 39.1. The van der Waals surface area contributed by atoms with E-state index in [0.717, 1.165) is 25.8 Å². The number of amides is 2. The first-order valence-electron chi connectivity index (χ1n) is 11.3. The first-order valence-corrected chi connectivity index (χ1v) is 15.6. The second kappa shape index (κ2) is 16.3. The Morgan fingerprint density at radius 1 is 1.00 bits per heavy atom. The van der Waals surface area contributed by atoms with Crippen molar-refractivity contribution in [2.24, 2.45) is 0 Å². The molecule has 1 saturated heterocycles. The molecule has 2 aromatic carbocycles. The molecule has 14 heteroatoms. The monoisotopic (exact) mass is 1040 g/mol. The first-order chi connectivity index (χ1) is 17.6. The SMILES string of the molecule is Br.COC(=O)[C@H](Cc1cc(I)c(Oc2cc(I)c(O)c(I)c2)c(I)c1)NC(=O)CCC(=O)N1CCNCC1. The average molecular weight is 1040 g/mol. The molecule has 2 amide bonds. The fraction of sp³-hybridized carbons (Fsp3) is 0.375. The summed E-state index contributed by atoms with van der Waals surface area (Å²) in [6.07, 6.45) is 0.324. The lowest BCUT2D eigenvalue weighted by Gasteiger charge is -2.27. The van der Waals surface area contributed by atoms with Crippen molar-refractivity contribution in [1.29, 1.82) is 0 Å². The van der Waals surface area contributed by atoms with Crippen molar-refractivity contribution in [2.45, 2.75) is 25.3 Å². The molecule has 1 heterocycles. The highest BCUT2D eigenvalue weighted by Gasteiger charge is 2.24. The van der Waals surface area contributed by atoms with Crippen LogP contribution in [0.5, 0.6) is 17.2 Å². The Morgan fingerprint density at radius 2 is 1.58 bits per heavy atom. The molecule has 38 heavy (non-hydrogen) atoms. The number of rotatable bonds is 9. The molecule has 0 aromatic heterocycles. The Morgan fingerprint density at radius 3 is 2.13 bits per heavy atom. The number of ether oxygens (including phenoxy) is 2. The van der Waals surface area contributed by atoms with Gasteiger partial charge in [-0.25, -0.2) is 4.79 Å². The fourth-order valence-electron chi connectivity index (χ4n) is 3.68. The zero-order valence-electron chi connectivity index (χ0n) is 20.2. The summed E-state index contributed by atoms with van der Waals surface area (Å²) in [6, 6.07) is 6.42. The minimum Gasteiger partial charge on any atom is -0.506 e. The highest BCUT2D eigenvalue weighted by atomic mass is 127. The number of nitrogens with one attached hydrogen (secondary N) is 2. The Labute approximate surface area is 286 Å². The van der Waals surface area contributed by atoms with Crippen molar-refractivity contribution in [1.82, 2.24) is 15.5 Å². The maximum atomic E-state index is 12.6. The average Bonchev–Trinajstić information content (AvgIpc) is 2.87. The predicted octanol–water partition coefficient (Wildman–Crippen LogP) is 4.59. The van der Waals surface area contributed by atoms with Crippen LogP contribution in [0.15, 0.2) is 24.3 Å². The number of esters is 1. The number of phenols is 1. The number of benzene rings is 2. The van der Waals surface area contributed by atoms with E-state index in [9.17, 15) is 19.5 Å². The molecule has 9 nitrogen and oxygen atoms in total. The van der Waals surface area contributed by atoms with Gasteiger partial charge in [-0.15, -0.1) is 17.0 Å². The summed E-state index contributed by atoms with van der Waals surface area (Å²) >= 11 is 8.45. The molecule has 0 radical (unpaired) electrons. The number of hydrogen-bond donors (Lipinski definition) is 3. The van der Waals surface area contributed by atoms with Gasteiger partial charge < -0.3 is 30.1 Å². The number of halogens is 5. The molecule has 0 bridgehead atoms. The lowest BCUT2D eigenvalue weighted by Crippen LogP contribution is -2.47. The number of methoxy groups -OCH3 is 1. The lowest BCUT2D eigenvalue weighted by molar-refractivity contribution is -0.145. The summed E-state index contributed by atoms with van der Waals surface area (Å²) in [5.41, 5.74) is 0.823. The van der Waals surface area contributed by atoms with Gasteiger partial charge in [0.2, 0.25) is 11.8 Å². The molecule has 208 valence electrons. The van der Waals surface area contributed by atoms with E-state index in [4.69, 9.17) is 9.47 Å². The highest BCUT2D eigenvalue weighted by Crippen LogP contribution is 2.37. The minimum atomic E-state index is -0.884. The van der Waals surface area contributed by atoms with Gasteiger partial charge >= 0.3 is 5.97 Å². The molecule has 1 aliphatic heterocycles. The standard InChI is InChI=1S/C24H25I4N3O6.BrH/c1-36-24(35)19(30-20(32)2-3-21(33)31-6-4-29-5-7-31)10-13-8-17(27)23(18(28)9-13)37-14-11-15(25)22(34)16(26)12-14;/h8-9,11-12,19,29,34H,2-7,10H2,1H3,(H,30,32);1H/t19-;/m0./s1. The molecule has 0 spiro atoms. The van der Waals surface area contributed by atoms with E-state index in [1.807, 2.05) is 12.1 Å². The van der Waals surface area contributed by atoms with Crippen LogP contribution in [-0.4, -0.2) is 67.1 Å². The van der Waals surface area contributed by atoms with Gasteiger partial charge in [-0.3, -0.25) is 9.59 Å². The van der Waals surface area contributed by atoms with E-state index in [0.29, 0.717) is 31.7 Å². The van der Waals surface area contributed by atoms with Gasteiger partial charge in [0, 0.05) is 45.4 Å². The molecular formula is C24H26BrI4N3O6. The fourth-order valence-corrected chi connectivity index (χ4v) is 7.51. The highest BCUT2D eigenvalue weighted by molar-refractivity contribution is 14.1. The Hall–Kier alpha value is -0.190. The van der Waals surface area contributed by atoms with Crippen LogP contribution < -0.4 is 15.4 Å². The Kier molecular flexibility index (Phi) is 14.6. The van der Waals surface area contributed by atoms with E-state index in [-0.39, 0.29) is 53.8 Å². The van der Waals surface area contributed by atoms with Crippen molar-refractivity contribution >= 4 is 125 Å². The van der Waals surface area contributed by atoms with Crippen LogP contribution in [0.3, 0.4) is 0 Å². The van der Waals surface area contributed by atoms with Crippen LogP contribution in [-0.2, 0) is 25.5 Å². The van der Waals surface area contributed by atoms with Gasteiger partial charge in [0.15, 0.2) is 5.75 Å².